The number of nitrogens with zero attached hydrogens (tertiary/aromatic N) is 2. The van der Waals surface area contributed by atoms with Crippen LogP contribution >= 0.6 is 35.6 Å². The van der Waals surface area contributed by atoms with E-state index in [0.717, 1.165) is 0 Å². The Kier molecular flexibility index (Phi) is 5.23. The summed E-state index contributed by atoms with van der Waals surface area (Å²) in [7, 11) is 0. The second-order valence-corrected chi connectivity index (χ2v) is 8.09. The standard InChI is InChI=1S/C20H11ClN2O4S2/c21-12-6-8-15(16(10-12)23(25)26)17-9-7-14(27-17)11-18-19(24)22(20(28)29-18)13-4-2-1-3-5-13/h1-11H. The van der Waals surface area contributed by atoms with Gasteiger partial charge in [0.1, 0.15) is 11.5 Å². The number of carbonyl (C=O) groups excluding carboxylic acids is 1. The Hall–Kier alpha value is -2.94. The van der Waals surface area contributed by atoms with Crippen molar-refractivity contribution in [3.05, 3.63) is 86.5 Å². The number of nitro groups is 1. The number of thiocarbonyl (C=S) groups is 1. The van der Waals surface area contributed by atoms with E-state index in [1.807, 2.05) is 18.2 Å². The van der Waals surface area contributed by atoms with E-state index < -0.39 is 4.92 Å². The first kappa shape index (κ1) is 19.4. The lowest BCUT2D eigenvalue weighted by Crippen LogP contribution is -2.27. The highest BCUT2D eigenvalue weighted by Gasteiger charge is 2.33. The Labute approximate surface area is 179 Å². The maximum atomic E-state index is 12.8. The molecule has 1 aliphatic heterocycles. The van der Waals surface area contributed by atoms with Gasteiger partial charge in [0.15, 0.2) is 4.32 Å². The highest BCUT2D eigenvalue weighted by atomic mass is 35.5. The summed E-state index contributed by atoms with van der Waals surface area (Å²) in [5.74, 6) is 0.442. The fourth-order valence-electron chi connectivity index (χ4n) is 2.84. The Bertz CT molecular complexity index is 1170. The third-order valence-corrected chi connectivity index (χ3v) is 5.67. The van der Waals surface area contributed by atoms with Gasteiger partial charge in [-0.3, -0.25) is 19.8 Å². The van der Waals surface area contributed by atoms with Crippen molar-refractivity contribution in [1.82, 2.24) is 0 Å². The Morgan fingerprint density at radius 2 is 1.90 bits per heavy atom. The molecule has 0 spiro atoms. The maximum absolute atomic E-state index is 12.8. The van der Waals surface area contributed by atoms with Crippen molar-refractivity contribution >= 4 is 63.3 Å². The molecule has 0 radical (unpaired) electrons. The average Bonchev–Trinajstić information content (AvgIpc) is 3.27. The van der Waals surface area contributed by atoms with Crippen LogP contribution in [-0.2, 0) is 4.79 Å². The number of carbonyl (C=O) groups is 1. The molecule has 0 N–H and O–H groups in total. The zero-order valence-corrected chi connectivity index (χ0v) is 17.0. The molecule has 0 bridgehead atoms. The molecule has 0 saturated carbocycles. The van der Waals surface area contributed by atoms with Gasteiger partial charge in [-0.25, -0.2) is 0 Å². The molecule has 0 aliphatic carbocycles. The summed E-state index contributed by atoms with van der Waals surface area (Å²) >= 11 is 12.4. The quantitative estimate of drug-likeness (QED) is 0.216. The smallest absolute Gasteiger partial charge is 0.281 e. The van der Waals surface area contributed by atoms with E-state index >= 15 is 0 Å². The average molecular weight is 443 g/mol. The predicted molar refractivity (Wildman–Crippen MR) is 118 cm³/mol. The molecule has 0 unspecified atom stereocenters. The molecule has 1 aliphatic rings. The number of hydrogen-bond acceptors (Lipinski definition) is 6. The minimum atomic E-state index is -0.519. The number of hydrogen-bond donors (Lipinski definition) is 0. The largest absolute Gasteiger partial charge is 0.456 e. The second kappa shape index (κ2) is 7.82. The van der Waals surface area contributed by atoms with Crippen LogP contribution in [0.4, 0.5) is 11.4 Å². The van der Waals surface area contributed by atoms with Crippen LogP contribution in [0.25, 0.3) is 17.4 Å². The second-order valence-electron chi connectivity index (χ2n) is 5.97. The molecule has 1 aromatic heterocycles. The summed E-state index contributed by atoms with van der Waals surface area (Å²) in [6.07, 6.45) is 1.58. The number of thioether (sulfide) groups is 1. The van der Waals surface area contributed by atoms with E-state index in [1.165, 1.54) is 28.8 Å². The molecule has 4 rings (SSSR count). The van der Waals surface area contributed by atoms with Crippen LogP contribution < -0.4 is 4.90 Å². The van der Waals surface area contributed by atoms with Crippen molar-refractivity contribution in [3.63, 3.8) is 0 Å². The number of para-hydroxylation sites is 1. The summed E-state index contributed by atoms with van der Waals surface area (Å²) in [5, 5.41) is 11.6. The molecule has 0 atom stereocenters. The number of anilines is 1. The molecule has 6 nitrogen and oxygen atoms in total. The maximum Gasteiger partial charge on any atom is 0.281 e. The van der Waals surface area contributed by atoms with E-state index in [-0.39, 0.29) is 16.6 Å². The van der Waals surface area contributed by atoms with Crippen LogP contribution in [-0.4, -0.2) is 15.2 Å². The number of benzene rings is 2. The zero-order valence-electron chi connectivity index (χ0n) is 14.6. The topological polar surface area (TPSA) is 76.6 Å². The van der Waals surface area contributed by atoms with E-state index in [0.29, 0.717) is 32.0 Å². The summed E-state index contributed by atoms with van der Waals surface area (Å²) in [4.78, 5) is 25.4. The van der Waals surface area contributed by atoms with Crippen molar-refractivity contribution < 1.29 is 14.1 Å². The van der Waals surface area contributed by atoms with Crippen LogP contribution in [0.15, 0.2) is 70.0 Å². The molecule has 3 aromatic rings. The number of amides is 1. The fourth-order valence-corrected chi connectivity index (χ4v) is 4.28. The van der Waals surface area contributed by atoms with E-state index in [2.05, 4.69) is 0 Å². The Balaban J connectivity index is 1.65. The fraction of sp³-hybridized carbons (Fsp3) is 0. The van der Waals surface area contributed by atoms with Gasteiger partial charge in [0.2, 0.25) is 0 Å². The van der Waals surface area contributed by atoms with Gasteiger partial charge in [-0.05, 0) is 36.4 Å². The minimum Gasteiger partial charge on any atom is -0.456 e. The van der Waals surface area contributed by atoms with Crippen molar-refractivity contribution in [3.8, 4) is 11.3 Å². The first-order valence-corrected chi connectivity index (χ1v) is 9.91. The monoisotopic (exact) mass is 442 g/mol. The lowest BCUT2D eigenvalue weighted by Gasteiger charge is -2.13. The van der Waals surface area contributed by atoms with Gasteiger partial charge in [0.05, 0.1) is 21.1 Å². The summed E-state index contributed by atoms with van der Waals surface area (Å²) < 4.78 is 6.16. The predicted octanol–water partition coefficient (Wildman–Crippen LogP) is 5.91. The summed E-state index contributed by atoms with van der Waals surface area (Å²) in [6, 6.07) is 16.7. The molecule has 1 saturated heterocycles. The lowest BCUT2D eigenvalue weighted by molar-refractivity contribution is -0.384. The first-order valence-electron chi connectivity index (χ1n) is 8.31. The van der Waals surface area contributed by atoms with Crippen molar-refractivity contribution in [2.24, 2.45) is 0 Å². The van der Waals surface area contributed by atoms with Gasteiger partial charge in [-0.15, -0.1) is 0 Å². The molecule has 1 fully saturated rings. The zero-order chi connectivity index (χ0) is 20.5. The molecular weight excluding hydrogens is 432 g/mol. The molecule has 29 heavy (non-hydrogen) atoms. The van der Waals surface area contributed by atoms with Crippen LogP contribution in [0.5, 0.6) is 0 Å². The van der Waals surface area contributed by atoms with Crippen LogP contribution in [0.3, 0.4) is 0 Å². The van der Waals surface area contributed by atoms with Gasteiger partial charge in [-0.2, -0.15) is 0 Å². The Morgan fingerprint density at radius 1 is 1.14 bits per heavy atom. The normalized spacial score (nSPS) is 15.3. The number of furan rings is 1. The highest BCUT2D eigenvalue weighted by Crippen LogP contribution is 2.37. The van der Waals surface area contributed by atoms with Gasteiger partial charge in [0, 0.05) is 17.2 Å². The van der Waals surface area contributed by atoms with Gasteiger partial charge in [-0.1, -0.05) is 53.8 Å². The van der Waals surface area contributed by atoms with Crippen molar-refractivity contribution in [1.29, 1.82) is 0 Å². The molecule has 9 heteroatoms. The number of rotatable bonds is 4. The van der Waals surface area contributed by atoms with Gasteiger partial charge in [0.25, 0.3) is 11.6 Å². The lowest BCUT2D eigenvalue weighted by atomic mass is 10.1. The van der Waals surface area contributed by atoms with E-state index in [4.69, 9.17) is 28.2 Å². The summed E-state index contributed by atoms with van der Waals surface area (Å²) in [5.41, 5.74) is 0.833. The number of halogens is 1. The highest BCUT2D eigenvalue weighted by molar-refractivity contribution is 8.27. The van der Waals surface area contributed by atoms with Crippen LogP contribution in [0, 0.1) is 10.1 Å². The SMILES string of the molecule is O=C1C(=Cc2ccc(-c3ccc(Cl)cc3[N+](=O)[O-])o2)SC(=S)N1c1ccccc1. The van der Waals surface area contributed by atoms with Crippen LogP contribution in [0.2, 0.25) is 5.02 Å². The van der Waals surface area contributed by atoms with Crippen molar-refractivity contribution in [2.75, 3.05) is 4.90 Å². The van der Waals surface area contributed by atoms with Gasteiger partial charge >= 0.3 is 0 Å². The first-order chi connectivity index (χ1) is 13.9. The van der Waals surface area contributed by atoms with Crippen molar-refractivity contribution in [2.45, 2.75) is 0 Å². The molecular formula is C20H11ClN2O4S2. The Morgan fingerprint density at radius 3 is 2.62 bits per heavy atom. The van der Waals surface area contributed by atoms with E-state index in [9.17, 15) is 14.9 Å². The molecule has 2 heterocycles. The van der Waals surface area contributed by atoms with Crippen LogP contribution in [0.1, 0.15) is 5.76 Å². The van der Waals surface area contributed by atoms with E-state index in [1.54, 1.807) is 36.4 Å². The number of nitro benzene ring substituents is 1. The molecule has 1 amide bonds. The molecule has 2 aromatic carbocycles. The third kappa shape index (κ3) is 3.82. The third-order valence-electron chi connectivity index (χ3n) is 4.13. The minimum absolute atomic E-state index is 0.159. The summed E-state index contributed by atoms with van der Waals surface area (Å²) in [6.45, 7) is 0. The van der Waals surface area contributed by atoms with Gasteiger partial charge < -0.3 is 4.42 Å². The molecule has 144 valence electrons.